The maximum Gasteiger partial charge on any atom is 0.317 e. The third-order valence-electron chi connectivity index (χ3n) is 4.51. The Hall–Kier alpha value is -1.34. The van der Waals surface area contributed by atoms with Gasteiger partial charge in [-0.2, -0.15) is 0 Å². The lowest BCUT2D eigenvalue weighted by molar-refractivity contribution is -0.138. The predicted molar refractivity (Wildman–Crippen MR) is 79.2 cm³/mol. The van der Waals surface area contributed by atoms with Crippen molar-refractivity contribution < 1.29 is 14.7 Å². The summed E-state index contributed by atoms with van der Waals surface area (Å²) in [5, 5.41) is 11.8. The molecular weight excluding hydrogens is 272 g/mol. The average molecular weight is 298 g/mol. The molecule has 2 atom stereocenters. The highest BCUT2D eigenvalue weighted by atomic mass is 16.4. The molecule has 0 aromatic carbocycles. The number of carbonyl (C=O) groups excluding carboxylic acids is 1. The number of carboxylic acid groups (broad SMARTS) is 1. The second kappa shape index (κ2) is 7.09. The van der Waals surface area contributed by atoms with E-state index >= 15 is 0 Å². The normalized spacial score (nSPS) is 27.8. The lowest BCUT2D eigenvalue weighted by Crippen LogP contribution is -2.55. The third-order valence-corrected chi connectivity index (χ3v) is 4.51. The number of rotatable bonds is 4. The summed E-state index contributed by atoms with van der Waals surface area (Å²) >= 11 is 0. The molecule has 2 heterocycles. The van der Waals surface area contributed by atoms with E-state index in [4.69, 9.17) is 5.11 Å². The van der Waals surface area contributed by atoms with Crippen LogP contribution >= 0.6 is 0 Å². The van der Waals surface area contributed by atoms with E-state index in [0.29, 0.717) is 25.7 Å². The van der Waals surface area contributed by atoms with Crippen LogP contribution in [0.5, 0.6) is 0 Å². The molecule has 0 aromatic heterocycles. The average Bonchev–Trinajstić information content (AvgIpc) is 2.87. The van der Waals surface area contributed by atoms with Gasteiger partial charge in [-0.15, -0.1) is 0 Å². The number of hydrogen-bond donors (Lipinski definition) is 2. The minimum atomic E-state index is -0.783. The molecule has 7 heteroatoms. The molecule has 2 rings (SSSR count). The van der Waals surface area contributed by atoms with Gasteiger partial charge in [0.2, 0.25) is 0 Å². The van der Waals surface area contributed by atoms with Crippen LogP contribution in [0.25, 0.3) is 0 Å². The van der Waals surface area contributed by atoms with Gasteiger partial charge in [-0.05, 0) is 26.4 Å². The topological polar surface area (TPSA) is 76.1 Å². The Labute approximate surface area is 125 Å². The minimum Gasteiger partial charge on any atom is -0.481 e. The largest absolute Gasteiger partial charge is 0.481 e. The molecule has 0 aliphatic carbocycles. The molecule has 0 spiro atoms. The van der Waals surface area contributed by atoms with E-state index in [2.05, 4.69) is 29.2 Å². The highest BCUT2D eigenvalue weighted by molar-refractivity contribution is 5.74. The lowest BCUT2D eigenvalue weighted by Gasteiger charge is -2.37. The Balaban J connectivity index is 1.73. The molecule has 0 aromatic rings. The Morgan fingerprint density at radius 1 is 1.19 bits per heavy atom. The highest BCUT2D eigenvalue weighted by Crippen LogP contribution is 2.19. The number of carbonyl (C=O) groups is 2. The van der Waals surface area contributed by atoms with E-state index < -0.39 is 5.97 Å². The van der Waals surface area contributed by atoms with Gasteiger partial charge in [0.25, 0.3) is 0 Å². The van der Waals surface area contributed by atoms with E-state index in [1.165, 1.54) is 0 Å². The smallest absolute Gasteiger partial charge is 0.317 e. The number of hydrogen-bond acceptors (Lipinski definition) is 4. The molecule has 0 saturated carbocycles. The summed E-state index contributed by atoms with van der Waals surface area (Å²) in [5.41, 5.74) is 0. The van der Waals surface area contributed by atoms with E-state index in [1.54, 1.807) is 4.90 Å². The van der Waals surface area contributed by atoms with Crippen LogP contribution in [0.4, 0.5) is 4.79 Å². The Bertz CT molecular complexity index is 390. The lowest BCUT2D eigenvalue weighted by atomic mass is 10.1. The SMILES string of the molecule is CN1CCN(C)C(CNC(=O)N2CCC(CC(=O)O)C2)C1. The molecule has 7 nitrogen and oxygen atoms in total. The van der Waals surface area contributed by atoms with Gasteiger partial charge >= 0.3 is 12.0 Å². The van der Waals surface area contributed by atoms with Gasteiger partial charge in [-0.3, -0.25) is 9.69 Å². The summed E-state index contributed by atoms with van der Waals surface area (Å²) in [7, 11) is 4.18. The van der Waals surface area contributed by atoms with Crippen molar-refractivity contribution in [2.45, 2.75) is 18.9 Å². The summed E-state index contributed by atoms with van der Waals surface area (Å²) in [6.07, 6.45) is 0.936. The number of piperazine rings is 1. The first kappa shape index (κ1) is 16.0. The predicted octanol–water partition coefficient (Wildman–Crippen LogP) is -0.262. The molecule has 2 fully saturated rings. The Morgan fingerprint density at radius 2 is 1.95 bits per heavy atom. The summed E-state index contributed by atoms with van der Waals surface area (Å²) in [5.74, 6) is -0.689. The van der Waals surface area contributed by atoms with Gasteiger partial charge in [0.15, 0.2) is 0 Å². The maximum absolute atomic E-state index is 12.1. The molecule has 21 heavy (non-hydrogen) atoms. The van der Waals surface area contributed by atoms with Gasteiger partial charge in [0, 0.05) is 51.7 Å². The van der Waals surface area contributed by atoms with E-state index in [1.807, 2.05) is 0 Å². The fourth-order valence-electron chi connectivity index (χ4n) is 3.07. The van der Waals surface area contributed by atoms with Crippen LogP contribution in [-0.2, 0) is 4.79 Å². The maximum atomic E-state index is 12.1. The number of carboxylic acids is 1. The zero-order chi connectivity index (χ0) is 15.4. The van der Waals surface area contributed by atoms with Gasteiger partial charge in [0.05, 0.1) is 0 Å². The fraction of sp³-hybridized carbons (Fsp3) is 0.857. The monoisotopic (exact) mass is 298 g/mol. The van der Waals surface area contributed by atoms with Crippen molar-refractivity contribution in [3.05, 3.63) is 0 Å². The van der Waals surface area contributed by atoms with Crippen molar-refractivity contribution in [2.75, 3.05) is 53.4 Å². The molecule has 2 N–H and O–H groups in total. The van der Waals surface area contributed by atoms with E-state index in [0.717, 1.165) is 26.1 Å². The van der Waals surface area contributed by atoms with Crippen molar-refractivity contribution >= 4 is 12.0 Å². The standard InChI is InChI=1S/C14H26N4O3/c1-16-5-6-17(2)12(10-16)8-15-14(21)18-4-3-11(9-18)7-13(19)20/h11-12H,3-10H2,1-2H3,(H,15,21)(H,19,20). The van der Waals surface area contributed by atoms with Gasteiger partial charge in [-0.25, -0.2) is 4.79 Å². The molecule has 0 bridgehead atoms. The van der Waals surface area contributed by atoms with Crippen LogP contribution < -0.4 is 5.32 Å². The minimum absolute atomic E-state index is 0.0653. The summed E-state index contributed by atoms with van der Waals surface area (Å²) in [4.78, 5) is 29.1. The first-order valence-electron chi connectivity index (χ1n) is 7.59. The van der Waals surface area contributed by atoms with Gasteiger partial charge in [0.1, 0.15) is 0 Å². The Morgan fingerprint density at radius 3 is 2.67 bits per heavy atom. The molecule has 120 valence electrons. The zero-order valence-corrected chi connectivity index (χ0v) is 12.9. The third kappa shape index (κ3) is 4.57. The molecule has 2 unspecified atom stereocenters. The second-order valence-electron chi connectivity index (χ2n) is 6.28. The molecule has 0 radical (unpaired) electrons. The van der Waals surface area contributed by atoms with Gasteiger partial charge < -0.3 is 20.2 Å². The van der Waals surface area contributed by atoms with E-state index in [-0.39, 0.29) is 18.4 Å². The second-order valence-corrected chi connectivity index (χ2v) is 6.28. The number of aliphatic carboxylic acids is 1. The van der Waals surface area contributed by atoms with Crippen LogP contribution in [-0.4, -0.2) is 91.2 Å². The number of amides is 2. The number of likely N-dealkylation sites (tertiary alicyclic amines) is 1. The van der Waals surface area contributed by atoms with Crippen LogP contribution in [0.15, 0.2) is 0 Å². The number of nitrogens with zero attached hydrogens (tertiary/aromatic N) is 3. The van der Waals surface area contributed by atoms with E-state index in [9.17, 15) is 9.59 Å². The first-order chi connectivity index (χ1) is 9.95. The number of urea groups is 1. The summed E-state index contributed by atoms with van der Waals surface area (Å²) in [6, 6.07) is 0.273. The van der Waals surface area contributed by atoms with Crippen LogP contribution in [0.3, 0.4) is 0 Å². The van der Waals surface area contributed by atoms with Crippen LogP contribution in [0.1, 0.15) is 12.8 Å². The molecule has 2 amide bonds. The van der Waals surface area contributed by atoms with Crippen molar-refractivity contribution in [3.8, 4) is 0 Å². The Kier molecular flexibility index (Phi) is 5.41. The van der Waals surface area contributed by atoms with Crippen LogP contribution in [0, 0.1) is 5.92 Å². The molecule has 2 aliphatic heterocycles. The fourth-order valence-corrected chi connectivity index (χ4v) is 3.07. The van der Waals surface area contributed by atoms with Gasteiger partial charge in [-0.1, -0.05) is 0 Å². The van der Waals surface area contributed by atoms with Crippen LogP contribution in [0.2, 0.25) is 0 Å². The molecule has 2 saturated heterocycles. The van der Waals surface area contributed by atoms with Crippen molar-refractivity contribution in [1.82, 2.24) is 20.0 Å². The number of likely N-dealkylation sites (N-methyl/N-ethyl adjacent to an activating group) is 2. The molecule has 2 aliphatic rings. The number of nitrogens with one attached hydrogen (secondary N) is 1. The summed E-state index contributed by atoms with van der Waals surface area (Å²) < 4.78 is 0. The van der Waals surface area contributed by atoms with Crippen molar-refractivity contribution in [1.29, 1.82) is 0 Å². The van der Waals surface area contributed by atoms with Crippen molar-refractivity contribution in [2.24, 2.45) is 5.92 Å². The quantitative estimate of drug-likeness (QED) is 0.748. The highest BCUT2D eigenvalue weighted by Gasteiger charge is 2.29. The van der Waals surface area contributed by atoms with Crippen molar-refractivity contribution in [3.63, 3.8) is 0 Å². The molecular formula is C14H26N4O3. The zero-order valence-electron chi connectivity index (χ0n) is 12.9. The first-order valence-corrected chi connectivity index (χ1v) is 7.59. The summed E-state index contributed by atoms with van der Waals surface area (Å²) in [6.45, 7) is 4.88.